The molecule has 0 heterocycles. The largest absolute Gasteiger partial charge is 0.523 e. The van der Waals surface area contributed by atoms with Gasteiger partial charge in [0.15, 0.2) is 0 Å². The second-order valence-electron chi connectivity index (χ2n) is 3.64. The molecule has 0 saturated heterocycles. The summed E-state index contributed by atoms with van der Waals surface area (Å²) in [5.74, 6) is -0.557. The zero-order valence-electron chi connectivity index (χ0n) is 9.24. The zero-order chi connectivity index (χ0) is 14.0. The minimum Gasteiger partial charge on any atom is -0.260 e. The fourth-order valence-electron chi connectivity index (χ4n) is 1.30. The van der Waals surface area contributed by atoms with Gasteiger partial charge < -0.3 is 0 Å². The molecule has 0 fully saturated rings. The van der Waals surface area contributed by atoms with Crippen molar-refractivity contribution < 1.29 is 30.2 Å². The van der Waals surface area contributed by atoms with Gasteiger partial charge in [-0.3, -0.25) is 4.18 Å². The van der Waals surface area contributed by atoms with Crippen molar-refractivity contribution in [1.29, 1.82) is 0 Å². The third kappa shape index (κ3) is 3.95. The third-order valence-corrected chi connectivity index (χ3v) is 3.14. The van der Waals surface area contributed by atoms with Crippen molar-refractivity contribution in [3.8, 4) is 0 Å². The van der Waals surface area contributed by atoms with E-state index in [1.165, 1.54) is 18.2 Å². The standard InChI is InChI=1S/C10H10F4O3S/c1-7(17-18(15,16)10(12,13)14)5-8-3-2-4-9(11)6-8/h2-4,6-7H,5H2,1H3. The molecule has 0 spiro atoms. The molecule has 1 rings (SSSR count). The van der Waals surface area contributed by atoms with Crippen LogP contribution in [0.25, 0.3) is 0 Å². The molecule has 0 aliphatic heterocycles. The zero-order valence-corrected chi connectivity index (χ0v) is 10.1. The van der Waals surface area contributed by atoms with Crippen LogP contribution in [0.15, 0.2) is 24.3 Å². The van der Waals surface area contributed by atoms with Crippen molar-refractivity contribution in [3.05, 3.63) is 35.6 Å². The van der Waals surface area contributed by atoms with Crippen LogP contribution in [0.4, 0.5) is 17.6 Å². The van der Waals surface area contributed by atoms with Crippen molar-refractivity contribution in [2.75, 3.05) is 0 Å². The normalized spacial score (nSPS) is 14.5. The highest BCUT2D eigenvalue weighted by Gasteiger charge is 2.48. The summed E-state index contributed by atoms with van der Waals surface area (Å²) < 4.78 is 74.2. The van der Waals surface area contributed by atoms with Crippen LogP contribution in [0.1, 0.15) is 12.5 Å². The van der Waals surface area contributed by atoms with Crippen LogP contribution in [0.5, 0.6) is 0 Å². The Kier molecular flexibility index (Phi) is 4.33. The maximum absolute atomic E-state index is 12.8. The summed E-state index contributed by atoms with van der Waals surface area (Å²) in [5.41, 5.74) is -5.11. The maximum atomic E-state index is 12.8. The summed E-state index contributed by atoms with van der Waals surface area (Å²) >= 11 is 0. The monoisotopic (exact) mass is 286 g/mol. The fraction of sp³-hybridized carbons (Fsp3) is 0.400. The van der Waals surface area contributed by atoms with Crippen LogP contribution in [0.2, 0.25) is 0 Å². The van der Waals surface area contributed by atoms with E-state index in [9.17, 15) is 26.0 Å². The lowest BCUT2D eigenvalue weighted by Gasteiger charge is -2.14. The van der Waals surface area contributed by atoms with E-state index in [2.05, 4.69) is 4.18 Å². The Morgan fingerprint density at radius 1 is 1.33 bits per heavy atom. The first-order valence-corrected chi connectivity index (χ1v) is 6.26. The number of halogens is 4. The van der Waals surface area contributed by atoms with E-state index in [4.69, 9.17) is 0 Å². The molecule has 102 valence electrons. The second-order valence-corrected chi connectivity index (χ2v) is 5.20. The van der Waals surface area contributed by atoms with Gasteiger partial charge in [-0.15, -0.1) is 0 Å². The van der Waals surface area contributed by atoms with Gasteiger partial charge in [-0.1, -0.05) is 12.1 Å². The Balaban J connectivity index is 2.71. The van der Waals surface area contributed by atoms with E-state index in [1.807, 2.05) is 0 Å². The highest BCUT2D eigenvalue weighted by molar-refractivity contribution is 7.87. The highest BCUT2D eigenvalue weighted by atomic mass is 32.2. The Labute approximate surface area is 102 Å². The molecule has 0 N–H and O–H groups in total. The van der Waals surface area contributed by atoms with Crippen molar-refractivity contribution in [2.24, 2.45) is 0 Å². The molecule has 8 heteroatoms. The Hall–Kier alpha value is -1.15. The Morgan fingerprint density at radius 3 is 2.44 bits per heavy atom. The fourth-order valence-corrected chi connectivity index (χ4v) is 1.91. The summed E-state index contributed by atoms with van der Waals surface area (Å²) in [6.07, 6.45) is -1.38. The predicted octanol–water partition coefficient (Wildman–Crippen LogP) is 2.62. The van der Waals surface area contributed by atoms with Gasteiger partial charge in [-0.05, 0) is 31.0 Å². The quantitative estimate of drug-likeness (QED) is 0.485. The van der Waals surface area contributed by atoms with E-state index in [-0.39, 0.29) is 6.42 Å². The van der Waals surface area contributed by atoms with Gasteiger partial charge in [0.1, 0.15) is 5.82 Å². The first-order chi connectivity index (χ1) is 8.12. The highest BCUT2D eigenvalue weighted by Crippen LogP contribution is 2.26. The average molecular weight is 286 g/mol. The molecule has 0 aliphatic rings. The van der Waals surface area contributed by atoms with Gasteiger partial charge in [0, 0.05) is 0 Å². The number of benzene rings is 1. The summed E-state index contributed by atoms with van der Waals surface area (Å²) in [7, 11) is -5.62. The molecule has 0 radical (unpaired) electrons. The second kappa shape index (κ2) is 5.23. The lowest BCUT2D eigenvalue weighted by Crippen LogP contribution is -2.29. The molecule has 18 heavy (non-hydrogen) atoms. The van der Waals surface area contributed by atoms with Crippen molar-refractivity contribution >= 4 is 10.1 Å². The Bertz CT molecular complexity index is 510. The number of hydrogen-bond donors (Lipinski definition) is 0. The molecular formula is C10H10F4O3S. The van der Waals surface area contributed by atoms with E-state index in [0.29, 0.717) is 5.56 Å². The number of alkyl halides is 3. The lowest BCUT2D eigenvalue weighted by atomic mass is 10.1. The molecule has 0 aromatic heterocycles. The van der Waals surface area contributed by atoms with Crippen molar-refractivity contribution in [1.82, 2.24) is 0 Å². The van der Waals surface area contributed by atoms with Crippen LogP contribution in [0, 0.1) is 5.82 Å². The summed E-state index contributed by atoms with van der Waals surface area (Å²) in [4.78, 5) is 0. The molecule has 1 atom stereocenters. The molecule has 0 bridgehead atoms. The molecule has 1 aromatic rings. The molecule has 0 aliphatic carbocycles. The van der Waals surface area contributed by atoms with Gasteiger partial charge in [-0.2, -0.15) is 21.6 Å². The van der Waals surface area contributed by atoms with E-state index in [1.54, 1.807) is 0 Å². The first-order valence-electron chi connectivity index (χ1n) is 4.86. The van der Waals surface area contributed by atoms with Crippen molar-refractivity contribution in [2.45, 2.75) is 25.0 Å². The molecule has 0 amide bonds. The molecule has 1 aromatic carbocycles. The van der Waals surface area contributed by atoms with Gasteiger partial charge in [-0.25, -0.2) is 4.39 Å². The van der Waals surface area contributed by atoms with Crippen LogP contribution in [-0.2, 0) is 20.7 Å². The molecule has 0 saturated carbocycles. The van der Waals surface area contributed by atoms with E-state index >= 15 is 0 Å². The summed E-state index contributed by atoms with van der Waals surface area (Å²) in [6, 6.07) is 5.10. The van der Waals surface area contributed by atoms with Crippen LogP contribution >= 0.6 is 0 Å². The summed E-state index contributed by atoms with van der Waals surface area (Å²) in [6.45, 7) is 1.16. The minimum absolute atomic E-state index is 0.146. The van der Waals surface area contributed by atoms with Gasteiger partial charge in [0.05, 0.1) is 6.10 Å². The van der Waals surface area contributed by atoms with Crippen molar-refractivity contribution in [3.63, 3.8) is 0 Å². The maximum Gasteiger partial charge on any atom is 0.523 e. The predicted molar refractivity (Wildman–Crippen MR) is 55.6 cm³/mol. The first kappa shape index (κ1) is 14.9. The smallest absolute Gasteiger partial charge is 0.260 e. The molecular weight excluding hydrogens is 276 g/mol. The average Bonchev–Trinajstić information content (AvgIpc) is 2.14. The van der Waals surface area contributed by atoms with E-state index in [0.717, 1.165) is 13.0 Å². The minimum atomic E-state index is -5.62. The van der Waals surface area contributed by atoms with Gasteiger partial charge in [0.25, 0.3) is 0 Å². The van der Waals surface area contributed by atoms with Crippen LogP contribution in [-0.4, -0.2) is 20.0 Å². The topological polar surface area (TPSA) is 43.4 Å². The molecule has 3 nitrogen and oxygen atoms in total. The van der Waals surface area contributed by atoms with Gasteiger partial charge in [0.2, 0.25) is 0 Å². The third-order valence-electron chi connectivity index (χ3n) is 1.99. The SMILES string of the molecule is CC(Cc1cccc(F)c1)OS(=O)(=O)C(F)(F)F. The number of rotatable bonds is 4. The lowest BCUT2D eigenvalue weighted by molar-refractivity contribution is -0.0567. The summed E-state index contributed by atoms with van der Waals surface area (Å²) in [5, 5.41) is 0. The van der Waals surface area contributed by atoms with E-state index < -0.39 is 27.5 Å². The number of hydrogen-bond acceptors (Lipinski definition) is 3. The van der Waals surface area contributed by atoms with Crippen LogP contribution in [0.3, 0.4) is 0 Å². The van der Waals surface area contributed by atoms with Gasteiger partial charge >= 0.3 is 15.6 Å². The van der Waals surface area contributed by atoms with Crippen LogP contribution < -0.4 is 0 Å². The Morgan fingerprint density at radius 2 is 1.94 bits per heavy atom. The molecule has 1 unspecified atom stereocenters.